The Balaban J connectivity index is 2.95. The summed E-state index contributed by atoms with van der Waals surface area (Å²) in [5.74, 6) is 0. The van der Waals surface area contributed by atoms with Crippen LogP contribution in [0.15, 0.2) is 17.2 Å². The number of nitrogens with one attached hydrogen (secondary N) is 1. The number of aromatic nitrogens is 1. The summed E-state index contributed by atoms with van der Waals surface area (Å²) in [7, 11) is -1.77. The molecule has 0 unspecified atom stereocenters. The van der Waals surface area contributed by atoms with Gasteiger partial charge in [0.2, 0.25) is 10.0 Å². The Morgan fingerprint density at radius 3 is 2.67 bits per heavy atom. The quantitative estimate of drug-likeness (QED) is 0.774. The fourth-order valence-corrected chi connectivity index (χ4v) is 2.58. The number of rotatable bonds is 5. The van der Waals surface area contributed by atoms with Crippen molar-refractivity contribution in [2.24, 2.45) is 5.73 Å². The van der Waals surface area contributed by atoms with Crippen LogP contribution < -0.4 is 5.73 Å². The van der Waals surface area contributed by atoms with E-state index in [9.17, 15) is 8.42 Å². The van der Waals surface area contributed by atoms with Gasteiger partial charge in [-0.15, -0.1) is 0 Å². The molecule has 0 spiro atoms. The molecule has 6 heteroatoms. The summed E-state index contributed by atoms with van der Waals surface area (Å²) >= 11 is 0. The average Bonchev–Trinajstić information content (AvgIpc) is 2.66. The van der Waals surface area contributed by atoms with E-state index in [0.29, 0.717) is 13.1 Å². The average molecular weight is 231 g/mol. The Bertz CT molecular complexity index is 411. The van der Waals surface area contributed by atoms with Gasteiger partial charge in [0.1, 0.15) is 0 Å². The number of aromatic amines is 1. The number of sulfonamides is 1. The number of nitrogens with two attached hydrogens (primary N) is 1. The van der Waals surface area contributed by atoms with Gasteiger partial charge >= 0.3 is 0 Å². The zero-order chi connectivity index (χ0) is 11.5. The lowest BCUT2D eigenvalue weighted by Crippen LogP contribution is -2.27. The third-order valence-electron chi connectivity index (χ3n) is 2.18. The molecule has 0 aliphatic carbocycles. The summed E-state index contributed by atoms with van der Waals surface area (Å²) in [6.07, 6.45) is 2.27. The van der Waals surface area contributed by atoms with Crippen molar-refractivity contribution in [1.82, 2.24) is 9.29 Å². The van der Waals surface area contributed by atoms with Crippen LogP contribution in [0.3, 0.4) is 0 Å². The van der Waals surface area contributed by atoms with E-state index in [1.54, 1.807) is 13.1 Å². The second-order valence-corrected chi connectivity index (χ2v) is 5.44. The maximum atomic E-state index is 11.9. The molecule has 0 bridgehead atoms. The van der Waals surface area contributed by atoms with Crippen molar-refractivity contribution >= 4 is 10.0 Å². The van der Waals surface area contributed by atoms with Crippen LogP contribution in [0, 0.1) is 0 Å². The summed E-state index contributed by atoms with van der Waals surface area (Å²) < 4.78 is 25.2. The fraction of sp³-hybridized carbons (Fsp3) is 0.556. The summed E-state index contributed by atoms with van der Waals surface area (Å²) in [4.78, 5) is 3.10. The van der Waals surface area contributed by atoms with Gasteiger partial charge in [-0.25, -0.2) is 12.7 Å². The molecule has 0 aliphatic heterocycles. The van der Waals surface area contributed by atoms with Gasteiger partial charge in [-0.3, -0.25) is 0 Å². The fourth-order valence-electron chi connectivity index (χ4n) is 1.30. The summed E-state index contributed by atoms with van der Waals surface area (Å²) in [6.45, 7) is 2.77. The minimum Gasteiger partial charge on any atom is -0.363 e. The Morgan fingerprint density at radius 1 is 1.53 bits per heavy atom. The van der Waals surface area contributed by atoms with Gasteiger partial charge in [0, 0.05) is 32.0 Å². The van der Waals surface area contributed by atoms with Crippen LogP contribution in [0.5, 0.6) is 0 Å². The predicted octanol–water partition coefficient (Wildman–Crippen LogP) is 0.504. The van der Waals surface area contributed by atoms with E-state index in [1.165, 1.54) is 10.5 Å². The van der Waals surface area contributed by atoms with Gasteiger partial charge in [0.15, 0.2) is 0 Å². The Labute approximate surface area is 90.3 Å². The van der Waals surface area contributed by atoms with Crippen molar-refractivity contribution in [2.75, 3.05) is 13.6 Å². The van der Waals surface area contributed by atoms with Crippen molar-refractivity contribution < 1.29 is 8.42 Å². The maximum Gasteiger partial charge on any atom is 0.244 e. The number of nitrogens with zero attached hydrogens (tertiary/aromatic N) is 1. The lowest BCUT2D eigenvalue weighted by atomic mass is 10.4. The number of H-pyrrole nitrogens is 1. The molecule has 0 radical (unpaired) electrons. The minimum atomic E-state index is -3.34. The Morgan fingerprint density at radius 2 is 2.20 bits per heavy atom. The van der Waals surface area contributed by atoms with Crippen LogP contribution in [-0.2, 0) is 16.6 Å². The van der Waals surface area contributed by atoms with E-state index < -0.39 is 10.0 Å². The van der Waals surface area contributed by atoms with Gasteiger partial charge < -0.3 is 10.7 Å². The van der Waals surface area contributed by atoms with Crippen molar-refractivity contribution in [2.45, 2.75) is 24.8 Å². The normalized spacial score (nSPS) is 12.3. The van der Waals surface area contributed by atoms with Crippen molar-refractivity contribution in [3.8, 4) is 0 Å². The van der Waals surface area contributed by atoms with Crippen LogP contribution in [0.2, 0.25) is 0 Å². The summed E-state index contributed by atoms with van der Waals surface area (Å²) in [6, 6.07) is 1.57. The largest absolute Gasteiger partial charge is 0.363 e. The Hall–Kier alpha value is -0.850. The summed E-state index contributed by atoms with van der Waals surface area (Å²) in [5.41, 5.74) is 6.12. The van der Waals surface area contributed by atoms with Crippen molar-refractivity contribution in [3.63, 3.8) is 0 Å². The second kappa shape index (κ2) is 4.78. The first-order valence-electron chi connectivity index (χ1n) is 4.86. The first-order valence-corrected chi connectivity index (χ1v) is 6.30. The molecule has 0 amide bonds. The van der Waals surface area contributed by atoms with E-state index in [-0.39, 0.29) is 4.90 Å². The molecule has 0 saturated carbocycles. The van der Waals surface area contributed by atoms with E-state index >= 15 is 0 Å². The van der Waals surface area contributed by atoms with Gasteiger partial charge in [-0.2, -0.15) is 0 Å². The Kier molecular flexibility index (Phi) is 3.90. The molecule has 3 N–H and O–H groups in total. The molecule has 0 aliphatic rings. The van der Waals surface area contributed by atoms with E-state index in [4.69, 9.17) is 5.73 Å². The van der Waals surface area contributed by atoms with Crippen LogP contribution >= 0.6 is 0 Å². The van der Waals surface area contributed by atoms with Crippen LogP contribution in [0.1, 0.15) is 19.0 Å². The molecule has 5 nitrogen and oxygen atoms in total. The molecule has 1 aromatic rings. The molecule has 1 aromatic heterocycles. The smallest absolute Gasteiger partial charge is 0.244 e. The van der Waals surface area contributed by atoms with Crippen LogP contribution in [0.4, 0.5) is 0 Å². The SMILES string of the molecule is CCCN(C)S(=O)(=O)c1c[nH]c(CN)c1. The first-order chi connectivity index (χ1) is 7.02. The molecule has 0 atom stereocenters. The molecule has 1 heterocycles. The van der Waals surface area contributed by atoms with Gasteiger partial charge in [-0.05, 0) is 12.5 Å². The number of hydrogen-bond donors (Lipinski definition) is 2. The molecule has 0 fully saturated rings. The van der Waals surface area contributed by atoms with Gasteiger partial charge in [-0.1, -0.05) is 6.92 Å². The lowest BCUT2D eigenvalue weighted by molar-refractivity contribution is 0.468. The zero-order valence-electron chi connectivity index (χ0n) is 9.03. The van der Waals surface area contributed by atoms with Gasteiger partial charge in [0.05, 0.1) is 4.90 Å². The molecule has 1 rings (SSSR count). The predicted molar refractivity (Wildman–Crippen MR) is 58.8 cm³/mol. The summed E-state index contributed by atoms with van der Waals surface area (Å²) in [5, 5.41) is 0. The minimum absolute atomic E-state index is 0.277. The van der Waals surface area contributed by atoms with Crippen molar-refractivity contribution in [3.05, 3.63) is 18.0 Å². The topological polar surface area (TPSA) is 79.2 Å². The maximum absolute atomic E-state index is 11.9. The lowest BCUT2D eigenvalue weighted by Gasteiger charge is -2.14. The third kappa shape index (κ3) is 2.58. The second-order valence-electron chi connectivity index (χ2n) is 3.39. The zero-order valence-corrected chi connectivity index (χ0v) is 9.84. The molecular formula is C9H17N3O2S. The van der Waals surface area contributed by atoms with Crippen LogP contribution in [-0.4, -0.2) is 31.3 Å². The number of hydrogen-bond acceptors (Lipinski definition) is 3. The van der Waals surface area contributed by atoms with E-state index in [1.807, 2.05) is 6.92 Å². The van der Waals surface area contributed by atoms with Crippen LogP contribution in [0.25, 0.3) is 0 Å². The molecular weight excluding hydrogens is 214 g/mol. The highest BCUT2D eigenvalue weighted by atomic mass is 32.2. The van der Waals surface area contributed by atoms with Crippen molar-refractivity contribution in [1.29, 1.82) is 0 Å². The molecule has 86 valence electrons. The standard InChI is InChI=1S/C9H17N3O2S/c1-3-4-12(2)15(13,14)9-5-8(6-10)11-7-9/h5,7,11H,3-4,6,10H2,1-2H3. The highest BCUT2D eigenvalue weighted by molar-refractivity contribution is 7.89. The highest BCUT2D eigenvalue weighted by Gasteiger charge is 2.20. The molecule has 0 aromatic carbocycles. The highest BCUT2D eigenvalue weighted by Crippen LogP contribution is 2.15. The van der Waals surface area contributed by atoms with E-state index in [0.717, 1.165) is 12.1 Å². The monoisotopic (exact) mass is 231 g/mol. The molecule has 15 heavy (non-hydrogen) atoms. The first kappa shape index (κ1) is 12.2. The van der Waals surface area contributed by atoms with Gasteiger partial charge in [0.25, 0.3) is 0 Å². The van der Waals surface area contributed by atoms with E-state index in [2.05, 4.69) is 4.98 Å². The third-order valence-corrected chi connectivity index (χ3v) is 4.02. The molecule has 0 saturated heterocycles.